The van der Waals surface area contributed by atoms with E-state index in [9.17, 15) is 4.79 Å². The Morgan fingerprint density at radius 3 is 2.73 bits per heavy atom. The molecule has 1 aliphatic heterocycles. The third kappa shape index (κ3) is 4.64. The molecule has 0 bridgehead atoms. The molecule has 30 heavy (non-hydrogen) atoms. The predicted molar refractivity (Wildman–Crippen MR) is 119 cm³/mol. The lowest BCUT2D eigenvalue weighted by molar-refractivity contribution is -0.134. The number of carbonyl (C=O) groups excluding carboxylic acids is 1. The van der Waals surface area contributed by atoms with E-state index >= 15 is 0 Å². The Hall–Kier alpha value is -2.06. The number of fused-ring (bicyclic) bond motifs is 1. The van der Waals surface area contributed by atoms with E-state index in [1.165, 1.54) is 11.8 Å². The molecule has 1 atom stereocenters. The molecule has 1 aliphatic rings. The van der Waals surface area contributed by atoms with Crippen LogP contribution < -0.4 is 0 Å². The summed E-state index contributed by atoms with van der Waals surface area (Å²) in [4.78, 5) is 20.2. The largest absolute Gasteiger partial charge is 0.383 e. The Morgan fingerprint density at radius 1 is 1.23 bits per heavy atom. The standard InChI is InChI=1S/C22H24ClN3O3S/c1-28-12-11-26-19-8-7-17(23)15-18(19)24-22(26)30-20(16-5-3-2-4-6-16)21(27)25-9-13-29-14-10-25/h2-8,15,20H,9-14H2,1H3. The number of imidazole rings is 1. The fourth-order valence-electron chi connectivity index (χ4n) is 3.51. The molecule has 1 amide bonds. The Balaban J connectivity index is 1.71. The van der Waals surface area contributed by atoms with Gasteiger partial charge in [-0.15, -0.1) is 0 Å². The minimum Gasteiger partial charge on any atom is -0.383 e. The molecule has 8 heteroatoms. The molecule has 0 saturated carbocycles. The Kier molecular flexibility index (Phi) is 6.94. The second kappa shape index (κ2) is 9.83. The predicted octanol–water partition coefficient (Wildman–Crippen LogP) is 4.03. The van der Waals surface area contributed by atoms with Gasteiger partial charge in [0.2, 0.25) is 5.91 Å². The molecule has 1 fully saturated rings. The summed E-state index contributed by atoms with van der Waals surface area (Å²) in [5.41, 5.74) is 2.75. The second-order valence-corrected chi connectivity index (χ2v) is 8.53. The van der Waals surface area contributed by atoms with Gasteiger partial charge >= 0.3 is 0 Å². The van der Waals surface area contributed by atoms with Crippen LogP contribution in [0.4, 0.5) is 0 Å². The molecule has 1 unspecified atom stereocenters. The van der Waals surface area contributed by atoms with E-state index < -0.39 is 5.25 Å². The number of amides is 1. The monoisotopic (exact) mass is 445 g/mol. The van der Waals surface area contributed by atoms with Crippen LogP contribution in [-0.4, -0.2) is 60.4 Å². The smallest absolute Gasteiger partial charge is 0.240 e. The molecule has 2 aromatic carbocycles. The number of nitrogens with zero attached hydrogens (tertiary/aromatic N) is 3. The molecule has 4 rings (SSSR count). The number of aromatic nitrogens is 2. The van der Waals surface area contributed by atoms with Crippen molar-refractivity contribution in [3.05, 3.63) is 59.1 Å². The fraction of sp³-hybridized carbons (Fsp3) is 0.364. The summed E-state index contributed by atoms with van der Waals surface area (Å²) < 4.78 is 12.8. The second-order valence-electron chi connectivity index (χ2n) is 7.02. The van der Waals surface area contributed by atoms with Gasteiger partial charge in [-0.1, -0.05) is 53.7 Å². The molecular formula is C22H24ClN3O3S. The van der Waals surface area contributed by atoms with E-state index in [-0.39, 0.29) is 5.91 Å². The minimum absolute atomic E-state index is 0.0814. The highest BCUT2D eigenvalue weighted by Gasteiger charge is 2.30. The summed E-state index contributed by atoms with van der Waals surface area (Å²) in [6, 6.07) is 15.5. The maximum Gasteiger partial charge on any atom is 0.240 e. The zero-order chi connectivity index (χ0) is 20.9. The number of benzene rings is 2. The molecule has 6 nitrogen and oxygen atoms in total. The lowest BCUT2D eigenvalue weighted by atomic mass is 10.1. The Morgan fingerprint density at radius 2 is 2.00 bits per heavy atom. The van der Waals surface area contributed by atoms with Gasteiger partial charge in [0.05, 0.1) is 30.9 Å². The molecule has 0 radical (unpaired) electrons. The van der Waals surface area contributed by atoms with Crippen molar-refractivity contribution in [3.63, 3.8) is 0 Å². The summed E-state index contributed by atoms with van der Waals surface area (Å²) in [7, 11) is 1.68. The molecule has 158 valence electrons. The van der Waals surface area contributed by atoms with E-state index in [1.807, 2.05) is 53.4 Å². The van der Waals surface area contributed by atoms with Gasteiger partial charge in [-0.2, -0.15) is 0 Å². The Labute approximate surface area is 185 Å². The van der Waals surface area contributed by atoms with E-state index in [0.29, 0.717) is 44.5 Å². The number of carbonyl (C=O) groups is 1. The number of hydrogen-bond acceptors (Lipinski definition) is 5. The van der Waals surface area contributed by atoms with E-state index in [1.54, 1.807) is 7.11 Å². The van der Waals surface area contributed by atoms with Crippen LogP contribution >= 0.6 is 23.4 Å². The lowest BCUT2D eigenvalue weighted by Gasteiger charge is -2.30. The maximum atomic E-state index is 13.5. The van der Waals surface area contributed by atoms with Gasteiger partial charge in [0.1, 0.15) is 5.25 Å². The number of morpholine rings is 1. The van der Waals surface area contributed by atoms with Gasteiger partial charge in [0.15, 0.2) is 5.16 Å². The molecule has 0 N–H and O–H groups in total. The third-order valence-electron chi connectivity index (χ3n) is 5.07. The van der Waals surface area contributed by atoms with Crippen LogP contribution in [0.2, 0.25) is 5.02 Å². The molecule has 0 aliphatic carbocycles. The molecule has 1 aromatic heterocycles. The molecular weight excluding hydrogens is 422 g/mol. The zero-order valence-corrected chi connectivity index (χ0v) is 18.4. The van der Waals surface area contributed by atoms with Crippen LogP contribution in [0.25, 0.3) is 11.0 Å². The van der Waals surface area contributed by atoms with Crippen molar-refractivity contribution in [1.82, 2.24) is 14.5 Å². The average molecular weight is 446 g/mol. The SMILES string of the molecule is COCCn1c(SC(C(=O)N2CCOCC2)c2ccccc2)nc2cc(Cl)ccc21. The number of thioether (sulfide) groups is 1. The van der Waals surface area contributed by atoms with Crippen molar-refractivity contribution in [2.24, 2.45) is 0 Å². The topological polar surface area (TPSA) is 56.6 Å². The van der Waals surface area contributed by atoms with Crippen molar-refractivity contribution in [1.29, 1.82) is 0 Å². The van der Waals surface area contributed by atoms with Gasteiger partial charge in [-0.05, 0) is 23.8 Å². The summed E-state index contributed by atoms with van der Waals surface area (Å²) in [6.07, 6.45) is 0. The highest BCUT2D eigenvalue weighted by atomic mass is 35.5. The van der Waals surface area contributed by atoms with Gasteiger partial charge in [-0.25, -0.2) is 4.98 Å². The van der Waals surface area contributed by atoms with Gasteiger partial charge < -0.3 is 18.9 Å². The highest BCUT2D eigenvalue weighted by Crippen LogP contribution is 2.38. The first-order chi connectivity index (χ1) is 14.7. The van der Waals surface area contributed by atoms with Crippen LogP contribution in [0.5, 0.6) is 0 Å². The van der Waals surface area contributed by atoms with Crippen molar-refractivity contribution in [2.45, 2.75) is 17.0 Å². The quantitative estimate of drug-likeness (QED) is 0.514. The van der Waals surface area contributed by atoms with E-state index in [2.05, 4.69) is 4.57 Å². The minimum atomic E-state index is -0.391. The first-order valence-electron chi connectivity index (χ1n) is 9.90. The summed E-state index contributed by atoms with van der Waals surface area (Å²) in [6.45, 7) is 3.56. The fourth-order valence-corrected chi connectivity index (χ4v) is 4.90. The summed E-state index contributed by atoms with van der Waals surface area (Å²) >= 11 is 7.66. The third-order valence-corrected chi connectivity index (χ3v) is 6.53. The van der Waals surface area contributed by atoms with Crippen molar-refractivity contribution >= 4 is 40.3 Å². The number of ether oxygens (including phenoxy) is 2. The molecule has 1 saturated heterocycles. The Bertz CT molecular complexity index is 1010. The van der Waals surface area contributed by atoms with Gasteiger partial charge in [-0.3, -0.25) is 4.79 Å². The first kappa shape index (κ1) is 21.2. The number of halogens is 1. The van der Waals surface area contributed by atoms with E-state index in [0.717, 1.165) is 21.8 Å². The first-order valence-corrected chi connectivity index (χ1v) is 11.2. The average Bonchev–Trinajstić information content (AvgIpc) is 3.12. The molecule has 2 heterocycles. The number of hydrogen-bond donors (Lipinski definition) is 0. The molecule has 3 aromatic rings. The normalized spacial score (nSPS) is 15.5. The van der Waals surface area contributed by atoms with Crippen LogP contribution in [0.15, 0.2) is 53.7 Å². The summed E-state index contributed by atoms with van der Waals surface area (Å²) in [5.74, 6) is 0.0814. The van der Waals surface area contributed by atoms with Crippen molar-refractivity contribution < 1.29 is 14.3 Å². The number of rotatable bonds is 7. The van der Waals surface area contributed by atoms with Crippen LogP contribution in [0.1, 0.15) is 10.8 Å². The van der Waals surface area contributed by atoms with Crippen LogP contribution in [0.3, 0.4) is 0 Å². The van der Waals surface area contributed by atoms with Crippen LogP contribution in [-0.2, 0) is 20.8 Å². The highest BCUT2D eigenvalue weighted by molar-refractivity contribution is 8.00. The van der Waals surface area contributed by atoms with Gasteiger partial charge in [0, 0.05) is 31.8 Å². The van der Waals surface area contributed by atoms with Gasteiger partial charge in [0.25, 0.3) is 0 Å². The number of methoxy groups -OCH3 is 1. The lowest BCUT2D eigenvalue weighted by Crippen LogP contribution is -2.42. The van der Waals surface area contributed by atoms with Crippen molar-refractivity contribution in [3.8, 4) is 0 Å². The zero-order valence-electron chi connectivity index (χ0n) is 16.8. The molecule has 0 spiro atoms. The maximum absolute atomic E-state index is 13.5. The van der Waals surface area contributed by atoms with Crippen molar-refractivity contribution in [2.75, 3.05) is 40.0 Å². The summed E-state index contributed by atoms with van der Waals surface area (Å²) in [5, 5.41) is 1.03. The van der Waals surface area contributed by atoms with Crippen LogP contribution in [0, 0.1) is 0 Å². The van der Waals surface area contributed by atoms with E-state index in [4.69, 9.17) is 26.1 Å².